The first-order chi connectivity index (χ1) is 10.7. The monoisotopic (exact) mass is 300 g/mol. The van der Waals surface area contributed by atoms with Gasteiger partial charge in [0.05, 0.1) is 5.69 Å². The van der Waals surface area contributed by atoms with Gasteiger partial charge in [0.2, 0.25) is 5.89 Å². The average Bonchev–Trinajstić information content (AvgIpc) is 2.89. The first-order valence-corrected chi connectivity index (χ1v) is 8.03. The Morgan fingerprint density at radius 1 is 1.32 bits per heavy atom. The highest BCUT2D eigenvalue weighted by Gasteiger charge is 2.21. The second-order valence-corrected chi connectivity index (χ2v) is 6.26. The molecule has 2 aromatic rings. The molecule has 0 saturated carbocycles. The fraction of sp³-hybridized carbons (Fsp3) is 0.500. The number of aliphatic hydroxyl groups excluding tert-OH is 1. The van der Waals surface area contributed by atoms with Gasteiger partial charge in [0, 0.05) is 25.3 Å². The molecular weight excluding hydrogens is 276 g/mol. The quantitative estimate of drug-likeness (QED) is 0.942. The van der Waals surface area contributed by atoms with Crippen LogP contribution in [0.2, 0.25) is 0 Å². The highest BCUT2D eigenvalue weighted by molar-refractivity contribution is 5.58. The molecule has 0 amide bonds. The Bertz CT molecular complexity index is 636. The Morgan fingerprint density at radius 2 is 2.14 bits per heavy atom. The molecule has 1 aliphatic heterocycles. The topological polar surface area (TPSA) is 49.5 Å². The van der Waals surface area contributed by atoms with Crippen molar-refractivity contribution < 1.29 is 9.52 Å². The van der Waals surface area contributed by atoms with Crippen molar-refractivity contribution in [2.24, 2.45) is 5.92 Å². The zero-order chi connectivity index (χ0) is 15.5. The summed E-state index contributed by atoms with van der Waals surface area (Å²) in [6.07, 6.45) is 2.27. The predicted octanol–water partition coefficient (Wildman–Crippen LogP) is 3.16. The van der Waals surface area contributed by atoms with E-state index in [4.69, 9.17) is 9.40 Å². The van der Waals surface area contributed by atoms with E-state index in [0.29, 0.717) is 11.8 Å². The lowest BCUT2D eigenvalue weighted by Crippen LogP contribution is -2.36. The van der Waals surface area contributed by atoms with Gasteiger partial charge in [-0.3, -0.25) is 4.90 Å². The number of rotatable bonds is 4. The third kappa shape index (κ3) is 3.23. The van der Waals surface area contributed by atoms with Crippen LogP contribution < -0.4 is 0 Å². The number of nitrogens with zero attached hydrogens (tertiary/aromatic N) is 2. The molecule has 1 aromatic carbocycles. The maximum atomic E-state index is 9.35. The molecule has 1 aliphatic rings. The highest BCUT2D eigenvalue weighted by atomic mass is 16.4. The Kier molecular flexibility index (Phi) is 4.60. The summed E-state index contributed by atoms with van der Waals surface area (Å²) in [6, 6.07) is 8.16. The van der Waals surface area contributed by atoms with Gasteiger partial charge in [-0.05, 0) is 50.8 Å². The Morgan fingerprint density at radius 3 is 2.91 bits per heavy atom. The minimum Gasteiger partial charge on any atom is -0.441 e. The van der Waals surface area contributed by atoms with E-state index in [9.17, 15) is 5.11 Å². The van der Waals surface area contributed by atoms with Crippen molar-refractivity contribution in [3.63, 3.8) is 0 Å². The maximum Gasteiger partial charge on any atom is 0.226 e. The number of piperidine rings is 1. The third-order valence-electron chi connectivity index (χ3n) is 4.50. The molecule has 0 aliphatic carbocycles. The lowest BCUT2D eigenvalue weighted by molar-refractivity contribution is 0.115. The van der Waals surface area contributed by atoms with Crippen LogP contribution >= 0.6 is 0 Å². The zero-order valence-corrected chi connectivity index (χ0v) is 13.4. The van der Waals surface area contributed by atoms with E-state index in [0.717, 1.165) is 49.5 Å². The Balaban J connectivity index is 1.77. The first-order valence-electron chi connectivity index (χ1n) is 8.03. The van der Waals surface area contributed by atoms with Crippen molar-refractivity contribution in [2.75, 3.05) is 19.7 Å². The van der Waals surface area contributed by atoms with Crippen molar-refractivity contribution in [1.29, 1.82) is 0 Å². The smallest absolute Gasteiger partial charge is 0.226 e. The van der Waals surface area contributed by atoms with E-state index < -0.39 is 0 Å². The Labute approximate surface area is 131 Å². The van der Waals surface area contributed by atoms with E-state index in [1.165, 1.54) is 5.56 Å². The number of benzene rings is 1. The number of hydrogen-bond donors (Lipinski definition) is 1. The molecule has 1 N–H and O–H groups in total. The summed E-state index contributed by atoms with van der Waals surface area (Å²) in [7, 11) is 0. The minimum atomic E-state index is 0.281. The summed E-state index contributed by atoms with van der Waals surface area (Å²) in [5.41, 5.74) is 3.24. The molecule has 1 fully saturated rings. The molecule has 0 radical (unpaired) electrons. The van der Waals surface area contributed by atoms with Crippen molar-refractivity contribution in [3.8, 4) is 11.5 Å². The number of oxazole rings is 1. The summed E-state index contributed by atoms with van der Waals surface area (Å²) in [5, 5.41) is 9.35. The van der Waals surface area contributed by atoms with Crippen LogP contribution in [0.25, 0.3) is 11.5 Å². The molecule has 1 atom stereocenters. The maximum absolute atomic E-state index is 9.35. The number of likely N-dealkylation sites (tertiary alicyclic amines) is 1. The predicted molar refractivity (Wildman–Crippen MR) is 86.5 cm³/mol. The summed E-state index contributed by atoms with van der Waals surface area (Å²) >= 11 is 0. The number of aromatic nitrogens is 1. The normalized spacial score (nSPS) is 19.5. The SMILES string of the molecule is Cc1ccccc1-c1nc(CN2CCCC(CO)C2)c(C)o1. The molecule has 0 spiro atoms. The largest absolute Gasteiger partial charge is 0.441 e. The van der Waals surface area contributed by atoms with Gasteiger partial charge >= 0.3 is 0 Å². The van der Waals surface area contributed by atoms with Gasteiger partial charge in [-0.25, -0.2) is 4.98 Å². The van der Waals surface area contributed by atoms with E-state index in [1.54, 1.807) is 0 Å². The van der Waals surface area contributed by atoms with Crippen LogP contribution in [0.1, 0.15) is 29.9 Å². The van der Waals surface area contributed by atoms with Gasteiger partial charge in [-0.15, -0.1) is 0 Å². The molecule has 0 bridgehead atoms. The van der Waals surface area contributed by atoms with Crippen LogP contribution in [0, 0.1) is 19.8 Å². The van der Waals surface area contributed by atoms with Gasteiger partial charge in [0.1, 0.15) is 5.76 Å². The van der Waals surface area contributed by atoms with E-state index in [-0.39, 0.29) is 6.61 Å². The molecule has 2 heterocycles. The van der Waals surface area contributed by atoms with Gasteiger partial charge in [0.15, 0.2) is 0 Å². The van der Waals surface area contributed by atoms with Crippen molar-refractivity contribution in [3.05, 3.63) is 41.3 Å². The molecule has 1 unspecified atom stereocenters. The average molecular weight is 300 g/mol. The van der Waals surface area contributed by atoms with Crippen LogP contribution in [-0.4, -0.2) is 34.7 Å². The fourth-order valence-corrected chi connectivity index (χ4v) is 3.16. The minimum absolute atomic E-state index is 0.281. The standard InChI is InChI=1S/C18H24N2O2/c1-13-6-3-4-8-16(13)18-19-17(14(2)22-18)11-20-9-5-7-15(10-20)12-21/h3-4,6,8,15,21H,5,7,9-12H2,1-2H3. The van der Waals surface area contributed by atoms with Crippen LogP contribution in [0.15, 0.2) is 28.7 Å². The van der Waals surface area contributed by atoms with Crippen LogP contribution in [0.3, 0.4) is 0 Å². The molecule has 1 saturated heterocycles. The van der Waals surface area contributed by atoms with Crippen LogP contribution in [0.5, 0.6) is 0 Å². The number of aryl methyl sites for hydroxylation is 2. The second-order valence-electron chi connectivity index (χ2n) is 6.26. The lowest BCUT2D eigenvalue weighted by atomic mass is 9.99. The molecule has 3 rings (SSSR count). The van der Waals surface area contributed by atoms with Crippen LogP contribution in [-0.2, 0) is 6.54 Å². The molecular formula is C18H24N2O2. The third-order valence-corrected chi connectivity index (χ3v) is 4.50. The first kappa shape index (κ1) is 15.3. The van der Waals surface area contributed by atoms with Crippen molar-refractivity contribution in [1.82, 2.24) is 9.88 Å². The fourth-order valence-electron chi connectivity index (χ4n) is 3.16. The lowest BCUT2D eigenvalue weighted by Gasteiger charge is -2.31. The van der Waals surface area contributed by atoms with Gasteiger partial charge < -0.3 is 9.52 Å². The van der Waals surface area contributed by atoms with E-state index in [2.05, 4.69) is 17.9 Å². The summed E-state index contributed by atoms with van der Waals surface area (Å²) in [5.74, 6) is 2.00. The van der Waals surface area contributed by atoms with E-state index in [1.807, 2.05) is 25.1 Å². The van der Waals surface area contributed by atoms with Gasteiger partial charge in [-0.2, -0.15) is 0 Å². The van der Waals surface area contributed by atoms with Gasteiger partial charge in [0.25, 0.3) is 0 Å². The second kappa shape index (κ2) is 6.63. The van der Waals surface area contributed by atoms with Crippen LogP contribution in [0.4, 0.5) is 0 Å². The summed E-state index contributed by atoms with van der Waals surface area (Å²) < 4.78 is 5.89. The number of hydrogen-bond acceptors (Lipinski definition) is 4. The van der Waals surface area contributed by atoms with Crippen molar-refractivity contribution >= 4 is 0 Å². The molecule has 4 heteroatoms. The molecule has 22 heavy (non-hydrogen) atoms. The molecule has 118 valence electrons. The zero-order valence-electron chi connectivity index (χ0n) is 13.4. The highest BCUT2D eigenvalue weighted by Crippen LogP contribution is 2.26. The Hall–Kier alpha value is -1.65. The summed E-state index contributed by atoms with van der Waals surface area (Å²) in [6.45, 7) is 7.16. The summed E-state index contributed by atoms with van der Waals surface area (Å²) in [4.78, 5) is 7.09. The van der Waals surface area contributed by atoms with E-state index >= 15 is 0 Å². The van der Waals surface area contributed by atoms with Gasteiger partial charge in [-0.1, -0.05) is 18.2 Å². The van der Waals surface area contributed by atoms with Crippen molar-refractivity contribution in [2.45, 2.75) is 33.2 Å². The molecule has 1 aromatic heterocycles. The number of aliphatic hydroxyl groups is 1. The molecule has 4 nitrogen and oxygen atoms in total.